The Balaban J connectivity index is 2.00. The van der Waals surface area contributed by atoms with Gasteiger partial charge in [0, 0.05) is 18.0 Å². The van der Waals surface area contributed by atoms with Crippen LogP contribution >= 0.6 is 0 Å². The summed E-state index contributed by atoms with van der Waals surface area (Å²) in [5.41, 5.74) is 1.78. The topological polar surface area (TPSA) is 47.3 Å². The second kappa shape index (κ2) is 5.71. The van der Waals surface area contributed by atoms with E-state index in [2.05, 4.69) is 4.98 Å². The van der Waals surface area contributed by atoms with Crippen LogP contribution in [0.3, 0.4) is 0 Å². The number of benzene rings is 2. The number of aromatic nitrogens is 2. The number of hydrogen-bond donors (Lipinski definition) is 1. The van der Waals surface area contributed by atoms with Crippen molar-refractivity contribution in [2.45, 2.75) is 6.54 Å². The smallest absolute Gasteiger partial charge is 0.143 e. The molecule has 0 aliphatic rings. The molecule has 0 unspecified atom stereocenters. The van der Waals surface area contributed by atoms with Gasteiger partial charge in [-0.2, -0.15) is 0 Å². The van der Waals surface area contributed by atoms with Crippen molar-refractivity contribution in [3.63, 3.8) is 0 Å². The molecule has 0 spiro atoms. The van der Waals surface area contributed by atoms with Crippen LogP contribution in [0.25, 0.3) is 11.4 Å². The molecule has 106 valence electrons. The lowest BCUT2D eigenvalue weighted by Crippen LogP contribution is -2.02. The molecule has 0 aliphatic carbocycles. The number of nitrogens with zero attached hydrogens (tertiary/aromatic N) is 2. The fraction of sp³-hybridized carbons (Fsp3) is 0.118. The van der Waals surface area contributed by atoms with Crippen LogP contribution in [0.5, 0.6) is 11.5 Å². The SMILES string of the molecule is COc1ccccc1-c1nccn1Cc1ccccc1O. The maximum Gasteiger partial charge on any atom is 0.143 e. The molecule has 0 radical (unpaired) electrons. The third-order valence-electron chi connectivity index (χ3n) is 3.40. The summed E-state index contributed by atoms with van der Waals surface area (Å²) in [6, 6.07) is 15.1. The van der Waals surface area contributed by atoms with Gasteiger partial charge in [0.1, 0.15) is 17.3 Å². The summed E-state index contributed by atoms with van der Waals surface area (Å²) >= 11 is 0. The maximum atomic E-state index is 9.91. The summed E-state index contributed by atoms with van der Waals surface area (Å²) in [6.45, 7) is 0.556. The lowest BCUT2D eigenvalue weighted by Gasteiger charge is -2.12. The number of rotatable bonds is 4. The highest BCUT2D eigenvalue weighted by Crippen LogP contribution is 2.29. The summed E-state index contributed by atoms with van der Waals surface area (Å²) < 4.78 is 7.39. The van der Waals surface area contributed by atoms with E-state index in [0.717, 1.165) is 22.7 Å². The van der Waals surface area contributed by atoms with Crippen molar-refractivity contribution in [3.05, 3.63) is 66.5 Å². The van der Waals surface area contributed by atoms with Crippen LogP contribution < -0.4 is 4.74 Å². The summed E-state index contributed by atoms with van der Waals surface area (Å²) in [6.07, 6.45) is 3.65. The van der Waals surface area contributed by atoms with Crippen LogP contribution in [0.1, 0.15) is 5.56 Å². The van der Waals surface area contributed by atoms with Gasteiger partial charge in [-0.3, -0.25) is 0 Å². The van der Waals surface area contributed by atoms with Crippen molar-refractivity contribution in [3.8, 4) is 22.9 Å². The molecule has 2 aromatic carbocycles. The van der Waals surface area contributed by atoms with Crippen LogP contribution in [0, 0.1) is 0 Å². The highest BCUT2D eigenvalue weighted by atomic mass is 16.5. The minimum Gasteiger partial charge on any atom is -0.508 e. The maximum absolute atomic E-state index is 9.91. The van der Waals surface area contributed by atoms with E-state index in [1.165, 1.54) is 0 Å². The third-order valence-corrected chi connectivity index (χ3v) is 3.40. The molecule has 1 N–H and O–H groups in total. The number of imidazole rings is 1. The third kappa shape index (κ3) is 2.60. The normalized spacial score (nSPS) is 10.5. The molecule has 0 atom stereocenters. The fourth-order valence-corrected chi connectivity index (χ4v) is 2.34. The van der Waals surface area contributed by atoms with E-state index in [-0.39, 0.29) is 5.75 Å². The Morgan fingerprint density at radius 2 is 1.86 bits per heavy atom. The Morgan fingerprint density at radius 3 is 2.67 bits per heavy atom. The lowest BCUT2D eigenvalue weighted by atomic mass is 10.1. The van der Waals surface area contributed by atoms with E-state index in [0.29, 0.717) is 6.54 Å². The molecule has 4 nitrogen and oxygen atoms in total. The zero-order chi connectivity index (χ0) is 14.7. The number of phenols is 1. The number of hydrogen-bond acceptors (Lipinski definition) is 3. The van der Waals surface area contributed by atoms with Gasteiger partial charge in [0.25, 0.3) is 0 Å². The predicted octanol–water partition coefficient (Wildman–Crippen LogP) is 3.31. The highest BCUT2D eigenvalue weighted by Gasteiger charge is 2.12. The predicted molar refractivity (Wildman–Crippen MR) is 81.4 cm³/mol. The number of methoxy groups -OCH3 is 1. The number of para-hydroxylation sites is 2. The molecule has 0 aliphatic heterocycles. The molecule has 1 aromatic heterocycles. The molecular formula is C17H16N2O2. The van der Waals surface area contributed by atoms with Crippen LogP contribution in [0.4, 0.5) is 0 Å². The molecule has 0 fully saturated rings. The first-order chi connectivity index (χ1) is 10.3. The Kier molecular flexibility index (Phi) is 3.60. The first-order valence-electron chi connectivity index (χ1n) is 6.71. The van der Waals surface area contributed by atoms with Gasteiger partial charge < -0.3 is 14.4 Å². The van der Waals surface area contributed by atoms with Crippen molar-refractivity contribution in [2.24, 2.45) is 0 Å². The van der Waals surface area contributed by atoms with Gasteiger partial charge >= 0.3 is 0 Å². The standard InChI is InChI=1S/C17H16N2O2/c1-21-16-9-5-3-7-14(16)17-18-10-11-19(17)12-13-6-2-4-8-15(13)20/h2-11,20H,12H2,1H3. The lowest BCUT2D eigenvalue weighted by molar-refractivity contribution is 0.416. The van der Waals surface area contributed by atoms with E-state index in [4.69, 9.17) is 4.74 Å². The first-order valence-corrected chi connectivity index (χ1v) is 6.71. The van der Waals surface area contributed by atoms with Crippen molar-refractivity contribution in [2.75, 3.05) is 7.11 Å². The average Bonchev–Trinajstić information content (AvgIpc) is 2.97. The number of ether oxygens (including phenoxy) is 1. The molecule has 4 heteroatoms. The molecule has 3 aromatic rings. The van der Waals surface area contributed by atoms with Gasteiger partial charge in [0.2, 0.25) is 0 Å². The van der Waals surface area contributed by atoms with Gasteiger partial charge in [0.15, 0.2) is 0 Å². The highest BCUT2D eigenvalue weighted by molar-refractivity contribution is 5.64. The van der Waals surface area contributed by atoms with E-state index >= 15 is 0 Å². The van der Waals surface area contributed by atoms with Crippen LogP contribution in [0.15, 0.2) is 60.9 Å². The van der Waals surface area contributed by atoms with Crippen LogP contribution in [-0.4, -0.2) is 21.8 Å². The molecule has 3 rings (SSSR count). The van der Waals surface area contributed by atoms with Gasteiger partial charge in [-0.15, -0.1) is 0 Å². The minimum absolute atomic E-state index is 0.289. The van der Waals surface area contributed by atoms with Gasteiger partial charge in [-0.1, -0.05) is 30.3 Å². The van der Waals surface area contributed by atoms with Crippen molar-refractivity contribution < 1.29 is 9.84 Å². The number of aromatic hydroxyl groups is 1. The molecule has 21 heavy (non-hydrogen) atoms. The molecule has 0 bridgehead atoms. The fourth-order valence-electron chi connectivity index (χ4n) is 2.34. The van der Waals surface area contributed by atoms with Crippen molar-refractivity contribution in [1.82, 2.24) is 9.55 Å². The van der Waals surface area contributed by atoms with Crippen molar-refractivity contribution in [1.29, 1.82) is 0 Å². The van der Waals surface area contributed by atoms with Gasteiger partial charge in [-0.05, 0) is 18.2 Å². The Bertz CT molecular complexity index is 750. The van der Waals surface area contributed by atoms with Gasteiger partial charge in [0.05, 0.1) is 19.2 Å². The number of phenolic OH excluding ortho intramolecular Hbond substituents is 1. The second-order valence-corrected chi connectivity index (χ2v) is 4.71. The monoisotopic (exact) mass is 280 g/mol. The summed E-state index contributed by atoms with van der Waals surface area (Å²) in [5.74, 6) is 1.88. The Labute approximate surface area is 123 Å². The van der Waals surface area contributed by atoms with E-state index in [1.807, 2.05) is 53.2 Å². The van der Waals surface area contributed by atoms with Crippen molar-refractivity contribution >= 4 is 0 Å². The zero-order valence-electron chi connectivity index (χ0n) is 11.7. The van der Waals surface area contributed by atoms with E-state index in [9.17, 15) is 5.11 Å². The second-order valence-electron chi connectivity index (χ2n) is 4.71. The Hall–Kier alpha value is -2.75. The molecule has 0 saturated heterocycles. The molecule has 0 amide bonds. The van der Waals surface area contributed by atoms with Crippen LogP contribution in [0.2, 0.25) is 0 Å². The van der Waals surface area contributed by atoms with E-state index < -0.39 is 0 Å². The average molecular weight is 280 g/mol. The van der Waals surface area contributed by atoms with Crippen LogP contribution in [-0.2, 0) is 6.54 Å². The summed E-state index contributed by atoms with van der Waals surface area (Å²) in [7, 11) is 1.65. The molecule has 1 heterocycles. The quantitative estimate of drug-likeness (QED) is 0.797. The first kappa shape index (κ1) is 13.2. The molecule has 0 saturated carbocycles. The zero-order valence-corrected chi connectivity index (χ0v) is 11.7. The molecular weight excluding hydrogens is 264 g/mol. The minimum atomic E-state index is 0.289. The Morgan fingerprint density at radius 1 is 1.10 bits per heavy atom. The summed E-state index contributed by atoms with van der Waals surface area (Å²) in [5, 5.41) is 9.91. The summed E-state index contributed by atoms with van der Waals surface area (Å²) in [4.78, 5) is 4.42. The largest absolute Gasteiger partial charge is 0.508 e. The van der Waals surface area contributed by atoms with Gasteiger partial charge in [-0.25, -0.2) is 4.98 Å². The van der Waals surface area contributed by atoms with E-state index in [1.54, 1.807) is 19.4 Å².